The highest BCUT2D eigenvalue weighted by molar-refractivity contribution is 7.85. The maximum atomic E-state index is 13.7. The molecule has 4 aromatic rings. The first-order valence-electron chi connectivity index (χ1n) is 11.5. The van der Waals surface area contributed by atoms with Crippen molar-refractivity contribution in [2.24, 2.45) is 0 Å². The van der Waals surface area contributed by atoms with Crippen LogP contribution >= 0.6 is 11.6 Å². The minimum atomic E-state index is -1.58. The lowest BCUT2D eigenvalue weighted by molar-refractivity contribution is 0.0950. The van der Waals surface area contributed by atoms with Crippen LogP contribution in [0.3, 0.4) is 0 Å². The summed E-state index contributed by atoms with van der Waals surface area (Å²) in [5.74, 6) is -0.532. The number of carbonyl (C=O) groups excluding carboxylic acids is 2. The summed E-state index contributed by atoms with van der Waals surface area (Å²) in [5, 5.41) is 3.51. The van der Waals surface area contributed by atoms with E-state index in [9.17, 15) is 13.8 Å². The molecule has 1 aliphatic rings. The Balaban J connectivity index is 1.49. The zero-order chi connectivity index (χ0) is 25.1. The molecule has 1 atom stereocenters. The number of rotatable bonds is 6. The van der Waals surface area contributed by atoms with Crippen molar-refractivity contribution in [1.29, 1.82) is 0 Å². The molecule has 5 nitrogen and oxygen atoms in total. The quantitative estimate of drug-likeness (QED) is 0.362. The molecule has 4 aromatic carbocycles. The molecule has 180 valence electrons. The maximum absolute atomic E-state index is 13.7. The molecule has 1 unspecified atom stereocenters. The van der Waals surface area contributed by atoms with Gasteiger partial charge in [0, 0.05) is 17.1 Å². The van der Waals surface area contributed by atoms with Gasteiger partial charge in [0.1, 0.15) is 0 Å². The number of anilines is 1. The Morgan fingerprint density at radius 2 is 1.58 bits per heavy atom. The lowest BCUT2D eigenvalue weighted by Crippen LogP contribution is -2.31. The molecule has 7 heteroatoms. The summed E-state index contributed by atoms with van der Waals surface area (Å²) >= 11 is 6.19. The van der Waals surface area contributed by atoms with Crippen molar-refractivity contribution in [2.75, 3.05) is 11.4 Å². The second-order valence-corrected chi connectivity index (χ2v) is 10.3. The van der Waals surface area contributed by atoms with E-state index in [2.05, 4.69) is 5.32 Å². The van der Waals surface area contributed by atoms with Gasteiger partial charge in [-0.1, -0.05) is 66.2 Å². The van der Waals surface area contributed by atoms with Gasteiger partial charge in [-0.15, -0.1) is 0 Å². The van der Waals surface area contributed by atoms with Crippen LogP contribution in [0.4, 0.5) is 5.69 Å². The van der Waals surface area contributed by atoms with Crippen molar-refractivity contribution in [1.82, 2.24) is 5.32 Å². The lowest BCUT2D eigenvalue weighted by Gasteiger charge is -2.24. The summed E-state index contributed by atoms with van der Waals surface area (Å²) < 4.78 is 13.5. The smallest absolute Gasteiger partial charge is 0.259 e. The first kappa shape index (κ1) is 24.0. The SMILES string of the molecule is O=C(NCCc1ccccc1)c1ccc2c(c1)N(Cc1cccc(Cl)c1)C(=O)c1ccccc1S2=O. The van der Waals surface area contributed by atoms with Crippen LogP contribution in [-0.4, -0.2) is 22.6 Å². The normalized spacial score (nSPS) is 14.5. The van der Waals surface area contributed by atoms with E-state index in [4.69, 9.17) is 11.6 Å². The fraction of sp³-hybridized carbons (Fsp3) is 0.103. The van der Waals surface area contributed by atoms with E-state index in [1.54, 1.807) is 59.5 Å². The predicted octanol–water partition coefficient (Wildman–Crippen LogP) is 5.64. The van der Waals surface area contributed by atoms with Gasteiger partial charge in [-0.25, -0.2) is 4.21 Å². The molecule has 5 rings (SSSR count). The molecule has 0 aromatic heterocycles. The van der Waals surface area contributed by atoms with E-state index in [0.29, 0.717) is 44.6 Å². The van der Waals surface area contributed by atoms with Gasteiger partial charge in [0.25, 0.3) is 11.8 Å². The number of benzene rings is 4. The fourth-order valence-corrected chi connectivity index (χ4v) is 5.80. The van der Waals surface area contributed by atoms with Crippen molar-refractivity contribution < 1.29 is 13.8 Å². The molecule has 1 aliphatic heterocycles. The number of amides is 2. The van der Waals surface area contributed by atoms with Gasteiger partial charge in [-0.2, -0.15) is 0 Å². The predicted molar refractivity (Wildman–Crippen MR) is 142 cm³/mol. The average molecular weight is 515 g/mol. The minimum absolute atomic E-state index is 0.219. The molecule has 1 heterocycles. The molecule has 0 fully saturated rings. The van der Waals surface area contributed by atoms with Crippen LogP contribution < -0.4 is 10.2 Å². The Bertz CT molecular complexity index is 1470. The van der Waals surface area contributed by atoms with Crippen LogP contribution in [0.15, 0.2) is 107 Å². The first-order valence-corrected chi connectivity index (χ1v) is 13.1. The Hall–Kier alpha value is -3.74. The number of nitrogens with zero attached hydrogens (tertiary/aromatic N) is 1. The van der Waals surface area contributed by atoms with Crippen molar-refractivity contribution in [2.45, 2.75) is 22.8 Å². The van der Waals surface area contributed by atoms with Gasteiger partial charge in [0.2, 0.25) is 0 Å². The van der Waals surface area contributed by atoms with Gasteiger partial charge in [0.05, 0.1) is 38.4 Å². The lowest BCUT2D eigenvalue weighted by atomic mass is 10.1. The molecule has 2 amide bonds. The summed E-state index contributed by atoms with van der Waals surface area (Å²) in [6, 6.07) is 29.1. The third-order valence-electron chi connectivity index (χ3n) is 6.05. The fourth-order valence-electron chi connectivity index (χ4n) is 4.25. The van der Waals surface area contributed by atoms with Gasteiger partial charge in [0.15, 0.2) is 0 Å². The molecule has 0 aliphatic carbocycles. The summed E-state index contributed by atoms with van der Waals surface area (Å²) in [6.07, 6.45) is 0.705. The van der Waals surface area contributed by atoms with Crippen LogP contribution in [0, 0.1) is 0 Å². The first-order chi connectivity index (χ1) is 17.5. The molecule has 1 N–H and O–H groups in total. The Labute approximate surface area is 217 Å². The highest BCUT2D eigenvalue weighted by atomic mass is 35.5. The molecular weight excluding hydrogens is 492 g/mol. The van der Waals surface area contributed by atoms with E-state index in [1.807, 2.05) is 42.5 Å². The van der Waals surface area contributed by atoms with Crippen LogP contribution in [0.2, 0.25) is 5.02 Å². The summed E-state index contributed by atoms with van der Waals surface area (Å²) in [5.41, 5.74) is 3.18. The van der Waals surface area contributed by atoms with Crippen molar-refractivity contribution in [3.05, 3.63) is 124 Å². The second kappa shape index (κ2) is 10.5. The highest BCUT2D eigenvalue weighted by Crippen LogP contribution is 2.36. The summed E-state index contributed by atoms with van der Waals surface area (Å²) in [6.45, 7) is 0.694. The van der Waals surface area contributed by atoms with E-state index in [1.165, 1.54) is 0 Å². The summed E-state index contributed by atoms with van der Waals surface area (Å²) in [4.78, 5) is 29.2. The van der Waals surface area contributed by atoms with Crippen LogP contribution in [-0.2, 0) is 23.8 Å². The van der Waals surface area contributed by atoms with Crippen molar-refractivity contribution >= 4 is 39.9 Å². The molecule has 0 saturated carbocycles. The van der Waals surface area contributed by atoms with E-state index >= 15 is 0 Å². The van der Waals surface area contributed by atoms with Gasteiger partial charge in [-0.3, -0.25) is 9.59 Å². The standard InChI is InChI=1S/C29H23ClN2O3S/c30-23-10-6-9-21(17-23)19-32-25-18-22(28(33)31-16-15-20-7-2-1-3-8-20)13-14-27(25)36(35)26-12-5-4-11-24(26)29(32)34/h1-14,17-18H,15-16,19H2,(H,31,33). The third kappa shape index (κ3) is 4.96. The molecule has 0 radical (unpaired) electrons. The van der Waals surface area contributed by atoms with E-state index < -0.39 is 10.8 Å². The zero-order valence-corrected chi connectivity index (χ0v) is 20.9. The topological polar surface area (TPSA) is 66.5 Å². The highest BCUT2D eigenvalue weighted by Gasteiger charge is 2.31. The third-order valence-corrected chi connectivity index (χ3v) is 7.78. The molecular formula is C29H23ClN2O3S. The van der Waals surface area contributed by atoms with Gasteiger partial charge >= 0.3 is 0 Å². The van der Waals surface area contributed by atoms with Crippen molar-refractivity contribution in [3.63, 3.8) is 0 Å². The number of carbonyl (C=O) groups is 2. The van der Waals surface area contributed by atoms with E-state index in [0.717, 1.165) is 11.1 Å². The monoisotopic (exact) mass is 514 g/mol. The number of nitrogens with one attached hydrogen (secondary N) is 1. The molecule has 0 spiro atoms. The second-order valence-electron chi connectivity index (χ2n) is 8.46. The minimum Gasteiger partial charge on any atom is -0.352 e. The van der Waals surface area contributed by atoms with Gasteiger partial charge < -0.3 is 10.2 Å². The Morgan fingerprint density at radius 1 is 0.833 bits per heavy atom. The number of halogens is 1. The van der Waals surface area contributed by atoms with Crippen LogP contribution in [0.5, 0.6) is 0 Å². The number of fused-ring (bicyclic) bond motifs is 2. The van der Waals surface area contributed by atoms with Gasteiger partial charge in [-0.05, 0) is 60.0 Å². The average Bonchev–Trinajstić information content (AvgIpc) is 2.98. The summed E-state index contributed by atoms with van der Waals surface area (Å²) in [7, 11) is -1.58. The number of hydrogen-bond acceptors (Lipinski definition) is 3. The molecule has 36 heavy (non-hydrogen) atoms. The van der Waals surface area contributed by atoms with Crippen molar-refractivity contribution in [3.8, 4) is 0 Å². The molecule has 0 saturated heterocycles. The van der Waals surface area contributed by atoms with Crippen LogP contribution in [0.25, 0.3) is 0 Å². The van der Waals surface area contributed by atoms with Crippen LogP contribution in [0.1, 0.15) is 31.8 Å². The maximum Gasteiger partial charge on any atom is 0.259 e. The largest absolute Gasteiger partial charge is 0.352 e. The van der Waals surface area contributed by atoms with E-state index in [-0.39, 0.29) is 18.4 Å². The Kier molecular flexibility index (Phi) is 6.98. The molecule has 0 bridgehead atoms. The Morgan fingerprint density at radius 3 is 2.39 bits per heavy atom. The zero-order valence-electron chi connectivity index (χ0n) is 19.3. The number of hydrogen-bond donors (Lipinski definition) is 1.